The van der Waals surface area contributed by atoms with Crippen LogP contribution in [-0.4, -0.2) is 29.4 Å². The van der Waals surface area contributed by atoms with Crippen LogP contribution in [0.1, 0.15) is 36.4 Å². The summed E-state index contributed by atoms with van der Waals surface area (Å²) in [7, 11) is 1.58. The van der Waals surface area contributed by atoms with Crippen molar-refractivity contribution in [1.29, 1.82) is 0 Å². The van der Waals surface area contributed by atoms with E-state index in [-0.39, 0.29) is 17.5 Å². The molecule has 28 heavy (non-hydrogen) atoms. The largest absolute Gasteiger partial charge is 0.490 e. The van der Waals surface area contributed by atoms with Crippen LogP contribution in [-0.2, 0) is 17.9 Å². The molecule has 2 aliphatic rings. The molecule has 2 unspecified atom stereocenters. The number of methoxy groups -OCH3 is 1. The fourth-order valence-corrected chi connectivity index (χ4v) is 3.69. The maximum absolute atomic E-state index is 13.2. The highest BCUT2D eigenvalue weighted by Crippen LogP contribution is 2.33. The molecule has 0 amide bonds. The van der Waals surface area contributed by atoms with Gasteiger partial charge in [0.2, 0.25) is 0 Å². The minimum Gasteiger partial charge on any atom is -0.490 e. The molecule has 7 heteroatoms. The average molecular weight is 386 g/mol. The fourth-order valence-electron chi connectivity index (χ4n) is 3.69. The van der Waals surface area contributed by atoms with E-state index in [9.17, 15) is 9.18 Å². The molecule has 1 aliphatic heterocycles. The Hall–Kier alpha value is -2.67. The number of ether oxygens (including phenoxy) is 3. The van der Waals surface area contributed by atoms with E-state index in [1.165, 1.54) is 11.6 Å². The lowest BCUT2D eigenvalue weighted by Gasteiger charge is -2.19. The number of benzene rings is 1. The standard InChI is InChI=1S/C21H23FN2O4/c1-26-12-17-10-20(25)23-21-24(17)11-19(28-21)13-27-18-8-4-15(5-9-18)14-2-6-16(22)7-3-14/h4-6,8-10,14,19H,2-3,7,11-13H2,1H3. The zero-order chi connectivity index (χ0) is 19.5. The van der Waals surface area contributed by atoms with Crippen molar-refractivity contribution in [1.82, 2.24) is 9.55 Å². The zero-order valence-electron chi connectivity index (χ0n) is 15.8. The first-order valence-electron chi connectivity index (χ1n) is 9.46. The third-order valence-electron chi connectivity index (χ3n) is 5.17. The Morgan fingerprint density at radius 2 is 2.14 bits per heavy atom. The summed E-state index contributed by atoms with van der Waals surface area (Å²) in [6.07, 6.45) is 3.56. The second-order valence-corrected chi connectivity index (χ2v) is 7.15. The van der Waals surface area contributed by atoms with Gasteiger partial charge in [-0.3, -0.25) is 9.36 Å². The Morgan fingerprint density at radius 3 is 2.86 bits per heavy atom. The van der Waals surface area contributed by atoms with Crippen LogP contribution in [0.3, 0.4) is 0 Å². The van der Waals surface area contributed by atoms with Gasteiger partial charge in [0.15, 0.2) is 6.10 Å². The second-order valence-electron chi connectivity index (χ2n) is 7.15. The average Bonchev–Trinajstić information content (AvgIpc) is 3.11. The number of nitrogens with zero attached hydrogens (tertiary/aromatic N) is 2. The van der Waals surface area contributed by atoms with E-state index >= 15 is 0 Å². The topological polar surface area (TPSA) is 62.6 Å². The SMILES string of the molecule is COCc1cc(=O)nc2n1CC(COc1ccc(C3CC=C(F)CC3)cc1)O2. The number of aromatic nitrogens is 2. The second kappa shape index (κ2) is 8.14. The number of allylic oxidation sites excluding steroid dienone is 2. The molecule has 0 fully saturated rings. The van der Waals surface area contributed by atoms with Crippen molar-refractivity contribution in [2.75, 3.05) is 13.7 Å². The molecule has 4 rings (SSSR count). The number of fused-ring (bicyclic) bond motifs is 1. The number of hydrogen-bond acceptors (Lipinski definition) is 5. The van der Waals surface area contributed by atoms with Gasteiger partial charge in [0.25, 0.3) is 5.56 Å². The molecule has 2 atom stereocenters. The Balaban J connectivity index is 1.35. The van der Waals surface area contributed by atoms with Gasteiger partial charge in [-0.15, -0.1) is 0 Å². The van der Waals surface area contributed by atoms with Crippen LogP contribution in [0.4, 0.5) is 4.39 Å². The molecular weight excluding hydrogens is 363 g/mol. The summed E-state index contributed by atoms with van der Waals surface area (Å²) in [5.74, 6) is 1.11. The van der Waals surface area contributed by atoms with Gasteiger partial charge in [-0.2, -0.15) is 4.98 Å². The van der Waals surface area contributed by atoms with Crippen molar-refractivity contribution in [2.45, 2.75) is 44.4 Å². The van der Waals surface area contributed by atoms with Gasteiger partial charge in [-0.1, -0.05) is 18.2 Å². The molecule has 0 bridgehead atoms. The third-order valence-corrected chi connectivity index (χ3v) is 5.17. The summed E-state index contributed by atoms with van der Waals surface area (Å²) < 4.78 is 31.8. The first-order chi connectivity index (χ1) is 13.6. The Bertz CT molecular complexity index is 923. The molecule has 0 saturated heterocycles. The van der Waals surface area contributed by atoms with Gasteiger partial charge in [0.05, 0.1) is 24.7 Å². The van der Waals surface area contributed by atoms with Crippen molar-refractivity contribution in [3.8, 4) is 11.8 Å². The lowest BCUT2D eigenvalue weighted by atomic mass is 9.87. The number of hydrogen-bond donors (Lipinski definition) is 0. The summed E-state index contributed by atoms with van der Waals surface area (Å²) in [5, 5.41) is 0. The van der Waals surface area contributed by atoms with Crippen molar-refractivity contribution in [3.05, 3.63) is 63.8 Å². The zero-order valence-corrected chi connectivity index (χ0v) is 15.8. The number of halogens is 1. The Morgan fingerprint density at radius 1 is 1.32 bits per heavy atom. The van der Waals surface area contributed by atoms with Crippen LogP contribution in [0.5, 0.6) is 11.8 Å². The summed E-state index contributed by atoms with van der Waals surface area (Å²) in [5.41, 5.74) is 1.60. The maximum Gasteiger partial charge on any atom is 0.300 e. The first-order valence-corrected chi connectivity index (χ1v) is 9.46. The highest BCUT2D eigenvalue weighted by molar-refractivity contribution is 5.30. The van der Waals surface area contributed by atoms with Crippen molar-refractivity contribution >= 4 is 0 Å². The first kappa shape index (κ1) is 18.7. The van der Waals surface area contributed by atoms with Crippen LogP contribution >= 0.6 is 0 Å². The van der Waals surface area contributed by atoms with Crippen LogP contribution in [0, 0.1) is 0 Å². The third kappa shape index (κ3) is 4.09. The van der Waals surface area contributed by atoms with Crippen molar-refractivity contribution < 1.29 is 18.6 Å². The summed E-state index contributed by atoms with van der Waals surface area (Å²) in [6, 6.07) is 9.72. The van der Waals surface area contributed by atoms with E-state index in [4.69, 9.17) is 14.2 Å². The molecule has 0 N–H and O–H groups in total. The lowest BCUT2D eigenvalue weighted by molar-refractivity contribution is 0.143. The van der Waals surface area contributed by atoms with Gasteiger partial charge in [-0.05, 0) is 42.9 Å². The quantitative estimate of drug-likeness (QED) is 0.762. The molecule has 0 radical (unpaired) electrons. The molecule has 0 saturated carbocycles. The van der Waals surface area contributed by atoms with E-state index in [0.29, 0.717) is 38.1 Å². The summed E-state index contributed by atoms with van der Waals surface area (Å²) in [4.78, 5) is 15.6. The van der Waals surface area contributed by atoms with Crippen LogP contribution in [0.2, 0.25) is 0 Å². The van der Waals surface area contributed by atoms with Gasteiger partial charge < -0.3 is 14.2 Å². The highest BCUT2D eigenvalue weighted by atomic mass is 19.1. The molecule has 1 aliphatic carbocycles. The van der Waals surface area contributed by atoms with Gasteiger partial charge in [0, 0.05) is 13.2 Å². The van der Waals surface area contributed by atoms with E-state index in [1.54, 1.807) is 13.2 Å². The van der Waals surface area contributed by atoms with Crippen LogP contribution in [0.25, 0.3) is 0 Å². The maximum atomic E-state index is 13.2. The summed E-state index contributed by atoms with van der Waals surface area (Å²) >= 11 is 0. The van der Waals surface area contributed by atoms with Crippen molar-refractivity contribution in [3.63, 3.8) is 0 Å². The minimum atomic E-state index is -0.340. The van der Waals surface area contributed by atoms with Gasteiger partial charge in [-0.25, -0.2) is 4.39 Å². The predicted octanol–water partition coefficient (Wildman–Crippen LogP) is 3.35. The molecule has 0 spiro atoms. The molecule has 1 aromatic heterocycles. The lowest BCUT2D eigenvalue weighted by Crippen LogP contribution is -2.23. The van der Waals surface area contributed by atoms with Crippen molar-refractivity contribution in [2.24, 2.45) is 0 Å². The van der Waals surface area contributed by atoms with E-state index < -0.39 is 0 Å². The highest BCUT2D eigenvalue weighted by Gasteiger charge is 2.26. The molecule has 1 aromatic carbocycles. The van der Waals surface area contributed by atoms with Crippen LogP contribution in [0.15, 0.2) is 47.0 Å². The van der Waals surface area contributed by atoms with Gasteiger partial charge in [0.1, 0.15) is 12.4 Å². The molecule has 148 valence electrons. The normalized spacial score (nSPS) is 21.0. The Labute approximate surface area is 162 Å². The smallest absolute Gasteiger partial charge is 0.300 e. The Kier molecular flexibility index (Phi) is 5.43. The monoisotopic (exact) mass is 386 g/mol. The fraction of sp³-hybridized carbons (Fsp3) is 0.429. The van der Waals surface area contributed by atoms with Gasteiger partial charge >= 0.3 is 6.01 Å². The molecule has 6 nitrogen and oxygen atoms in total. The van der Waals surface area contributed by atoms with Crippen LogP contribution < -0.4 is 15.0 Å². The number of rotatable bonds is 6. The van der Waals surface area contributed by atoms with E-state index in [2.05, 4.69) is 4.98 Å². The molecule has 2 heterocycles. The predicted molar refractivity (Wildman–Crippen MR) is 101 cm³/mol. The minimum absolute atomic E-state index is 0.00104. The summed E-state index contributed by atoms with van der Waals surface area (Å²) in [6.45, 7) is 1.23. The van der Waals surface area contributed by atoms with E-state index in [0.717, 1.165) is 24.3 Å². The molecular formula is C21H23FN2O4. The molecule has 2 aromatic rings. The van der Waals surface area contributed by atoms with E-state index in [1.807, 2.05) is 28.8 Å².